The van der Waals surface area contributed by atoms with Gasteiger partial charge >= 0.3 is 0 Å². The number of hydrogen-bond donors (Lipinski definition) is 1. The van der Waals surface area contributed by atoms with Crippen LogP contribution in [0.1, 0.15) is 93.4 Å². The van der Waals surface area contributed by atoms with E-state index in [0.29, 0.717) is 34.5 Å². The van der Waals surface area contributed by atoms with Gasteiger partial charge in [0.2, 0.25) is 0 Å². The van der Waals surface area contributed by atoms with Gasteiger partial charge in [-0.2, -0.15) is 0 Å². The summed E-state index contributed by atoms with van der Waals surface area (Å²) in [5.74, 6) is 5.64. The van der Waals surface area contributed by atoms with Gasteiger partial charge in [0, 0.05) is 0 Å². The Morgan fingerprint density at radius 1 is 0.933 bits per heavy atom. The maximum Gasteiger partial charge on any atom is 0.0568 e. The average molecular weight is 413 g/mol. The molecule has 0 radical (unpaired) electrons. The highest BCUT2D eigenvalue weighted by Gasteiger charge is 2.58. The van der Waals surface area contributed by atoms with E-state index in [4.69, 9.17) is 0 Å². The van der Waals surface area contributed by atoms with Gasteiger partial charge in [-0.1, -0.05) is 72.3 Å². The maximum absolute atomic E-state index is 10.5. The van der Waals surface area contributed by atoms with Crippen molar-refractivity contribution in [1.29, 1.82) is 0 Å². The highest BCUT2D eigenvalue weighted by atomic mass is 16.3. The molecule has 0 aliphatic heterocycles. The Morgan fingerprint density at radius 3 is 2.30 bits per heavy atom. The second-order valence-electron chi connectivity index (χ2n) is 12.7. The van der Waals surface area contributed by atoms with Crippen LogP contribution in [0.2, 0.25) is 0 Å². The van der Waals surface area contributed by atoms with E-state index >= 15 is 0 Å². The zero-order chi connectivity index (χ0) is 21.8. The van der Waals surface area contributed by atoms with Crippen LogP contribution >= 0.6 is 0 Å². The third-order valence-electron chi connectivity index (χ3n) is 11.1. The van der Waals surface area contributed by atoms with E-state index in [1.54, 1.807) is 0 Å². The molecule has 3 fully saturated rings. The second kappa shape index (κ2) is 8.09. The quantitative estimate of drug-likeness (QED) is 0.470. The molecule has 0 heterocycles. The molecule has 30 heavy (non-hydrogen) atoms. The van der Waals surface area contributed by atoms with Crippen LogP contribution in [-0.2, 0) is 0 Å². The van der Waals surface area contributed by atoms with Crippen molar-refractivity contribution >= 4 is 0 Å². The van der Waals surface area contributed by atoms with E-state index in [9.17, 15) is 5.11 Å². The predicted molar refractivity (Wildman–Crippen MR) is 128 cm³/mol. The minimum absolute atomic E-state index is 0.0800. The second-order valence-corrected chi connectivity index (χ2v) is 12.7. The van der Waals surface area contributed by atoms with Crippen molar-refractivity contribution in [2.75, 3.05) is 0 Å². The fourth-order valence-corrected chi connectivity index (χ4v) is 8.56. The smallest absolute Gasteiger partial charge is 0.0568 e. The summed E-state index contributed by atoms with van der Waals surface area (Å²) in [6, 6.07) is 0. The largest absolute Gasteiger partial charge is 0.393 e. The van der Waals surface area contributed by atoms with Crippen molar-refractivity contribution < 1.29 is 5.11 Å². The summed E-state index contributed by atoms with van der Waals surface area (Å²) in [6.07, 6.45) is 16.7. The summed E-state index contributed by atoms with van der Waals surface area (Å²) in [6.45, 7) is 17.1. The van der Waals surface area contributed by atoms with Gasteiger partial charge in [0.05, 0.1) is 6.10 Å². The summed E-state index contributed by atoms with van der Waals surface area (Å²) in [5, 5.41) is 10.5. The summed E-state index contributed by atoms with van der Waals surface area (Å²) < 4.78 is 0. The zero-order valence-corrected chi connectivity index (χ0v) is 20.8. The molecule has 1 heteroatoms. The van der Waals surface area contributed by atoms with Crippen molar-refractivity contribution in [3.63, 3.8) is 0 Å². The molecule has 4 aliphatic rings. The highest BCUT2D eigenvalue weighted by molar-refractivity contribution is 5.28. The Balaban J connectivity index is 1.56. The Labute approximate surface area is 186 Å². The maximum atomic E-state index is 10.5. The Kier molecular flexibility index (Phi) is 6.10. The van der Waals surface area contributed by atoms with Gasteiger partial charge < -0.3 is 5.11 Å². The first-order valence-corrected chi connectivity index (χ1v) is 13.2. The molecule has 3 saturated carbocycles. The molecule has 0 aromatic heterocycles. The number of hydrogen-bond acceptors (Lipinski definition) is 1. The number of aliphatic hydroxyl groups excluding tert-OH is 1. The molecule has 0 aromatic carbocycles. The fourth-order valence-electron chi connectivity index (χ4n) is 8.56. The molecule has 0 bridgehead atoms. The summed E-state index contributed by atoms with van der Waals surface area (Å²) in [4.78, 5) is 0. The van der Waals surface area contributed by atoms with Crippen LogP contribution < -0.4 is 0 Å². The molecule has 0 amide bonds. The molecule has 3 unspecified atom stereocenters. The van der Waals surface area contributed by atoms with Gasteiger partial charge in [-0.3, -0.25) is 0 Å². The number of allylic oxidation sites excluding steroid dienone is 4. The molecule has 170 valence electrons. The Morgan fingerprint density at radius 2 is 1.60 bits per heavy atom. The summed E-state index contributed by atoms with van der Waals surface area (Å²) in [5.41, 5.74) is 2.75. The highest BCUT2D eigenvalue weighted by Crippen LogP contribution is 2.67. The topological polar surface area (TPSA) is 20.2 Å². The Hall–Kier alpha value is -0.560. The number of aliphatic hydroxyl groups is 1. The van der Waals surface area contributed by atoms with Gasteiger partial charge in [0.15, 0.2) is 0 Å². The third-order valence-corrected chi connectivity index (χ3v) is 11.1. The SMILES string of the molecule is CC1C(O)CC[C@@]2(C)C1CC=C1[C@@H]3CC[C@H]([C@H](C)C=C[C@H](C)C(C)C)[C@@]3(C)CC[C@@H]12. The normalized spacial score (nSPS) is 48.1. The van der Waals surface area contributed by atoms with Crippen molar-refractivity contribution in [3.05, 3.63) is 23.8 Å². The molecule has 10 atom stereocenters. The number of fused-ring (bicyclic) bond motifs is 5. The van der Waals surface area contributed by atoms with Crippen LogP contribution in [0.15, 0.2) is 23.8 Å². The Bertz CT molecular complexity index is 688. The van der Waals surface area contributed by atoms with Crippen molar-refractivity contribution in [2.24, 2.45) is 58.2 Å². The molecule has 0 aromatic rings. The van der Waals surface area contributed by atoms with Crippen LogP contribution in [0.5, 0.6) is 0 Å². The summed E-state index contributed by atoms with van der Waals surface area (Å²) in [7, 11) is 0. The number of rotatable bonds is 4. The van der Waals surface area contributed by atoms with Crippen LogP contribution in [0.25, 0.3) is 0 Å². The van der Waals surface area contributed by atoms with Crippen LogP contribution in [0.4, 0.5) is 0 Å². The molecular formula is C29H48O. The first-order chi connectivity index (χ1) is 14.1. The first-order valence-electron chi connectivity index (χ1n) is 13.2. The molecule has 1 nitrogen and oxygen atoms in total. The fraction of sp³-hybridized carbons (Fsp3) is 0.862. The lowest BCUT2D eigenvalue weighted by Gasteiger charge is -2.59. The zero-order valence-electron chi connectivity index (χ0n) is 20.8. The van der Waals surface area contributed by atoms with Crippen LogP contribution in [0.3, 0.4) is 0 Å². The molecule has 1 N–H and O–H groups in total. The molecular weight excluding hydrogens is 364 g/mol. The van der Waals surface area contributed by atoms with Crippen LogP contribution in [0, 0.1) is 58.2 Å². The molecule has 0 spiro atoms. The van der Waals surface area contributed by atoms with E-state index in [0.717, 1.165) is 30.1 Å². The monoisotopic (exact) mass is 412 g/mol. The van der Waals surface area contributed by atoms with E-state index in [1.165, 1.54) is 38.5 Å². The molecule has 0 saturated heterocycles. The first kappa shape index (κ1) is 22.6. The lowest BCUT2D eigenvalue weighted by Crippen LogP contribution is -2.52. The predicted octanol–water partition coefficient (Wildman–Crippen LogP) is 7.66. The van der Waals surface area contributed by atoms with Crippen molar-refractivity contribution in [3.8, 4) is 0 Å². The lowest BCUT2D eigenvalue weighted by molar-refractivity contribution is -0.0767. The van der Waals surface area contributed by atoms with Crippen molar-refractivity contribution in [1.82, 2.24) is 0 Å². The molecule has 4 rings (SSSR count). The summed E-state index contributed by atoms with van der Waals surface area (Å²) >= 11 is 0. The molecule has 4 aliphatic carbocycles. The van der Waals surface area contributed by atoms with E-state index in [1.807, 2.05) is 5.57 Å². The lowest BCUT2D eigenvalue weighted by atomic mass is 9.46. The van der Waals surface area contributed by atoms with E-state index < -0.39 is 0 Å². The average Bonchev–Trinajstić information content (AvgIpc) is 3.06. The third kappa shape index (κ3) is 3.46. The van der Waals surface area contributed by atoms with Gasteiger partial charge in [0.25, 0.3) is 0 Å². The minimum Gasteiger partial charge on any atom is -0.393 e. The van der Waals surface area contributed by atoms with Gasteiger partial charge in [-0.25, -0.2) is 0 Å². The van der Waals surface area contributed by atoms with Crippen molar-refractivity contribution in [2.45, 2.75) is 99.5 Å². The van der Waals surface area contributed by atoms with E-state index in [2.05, 4.69) is 66.7 Å². The van der Waals surface area contributed by atoms with Gasteiger partial charge in [-0.05, 0) is 103 Å². The standard InChI is InChI=1S/C29H48O/c1-18(2)19(3)8-9-20(4)23-12-13-25-22-10-11-24-21(5)27(30)15-17-29(24,7)26(22)14-16-28(23,25)6/h8-10,18-21,23-27,30H,11-17H2,1-7H3/t19-,20+,21?,23+,24?,25-,26-,27?,28+,29-/m0/s1. The van der Waals surface area contributed by atoms with Crippen LogP contribution in [-0.4, -0.2) is 11.2 Å². The van der Waals surface area contributed by atoms with Gasteiger partial charge in [-0.15, -0.1) is 0 Å². The minimum atomic E-state index is -0.0800. The van der Waals surface area contributed by atoms with Gasteiger partial charge in [0.1, 0.15) is 0 Å². The van der Waals surface area contributed by atoms with E-state index in [-0.39, 0.29) is 6.10 Å².